The van der Waals surface area contributed by atoms with Crippen molar-refractivity contribution in [2.24, 2.45) is 5.92 Å². The number of urea groups is 1. The first kappa shape index (κ1) is 14.2. The molecule has 2 unspecified atom stereocenters. The van der Waals surface area contributed by atoms with Crippen LogP contribution >= 0.6 is 11.6 Å². The number of rotatable bonds is 2. The largest absolute Gasteiger partial charge is 0.335 e. The molecule has 1 aromatic rings. The van der Waals surface area contributed by atoms with E-state index in [1.165, 1.54) is 19.3 Å². The van der Waals surface area contributed by atoms with Crippen molar-refractivity contribution in [1.29, 1.82) is 0 Å². The maximum Gasteiger partial charge on any atom is 0.319 e. The number of carbonyl (C=O) groups is 1. The van der Waals surface area contributed by atoms with Crippen LogP contribution in [0.1, 0.15) is 38.2 Å². The number of nitrogens with one attached hydrogen (secondary N) is 2. The lowest BCUT2D eigenvalue weighted by molar-refractivity contribution is 0.232. The first-order chi connectivity index (χ1) is 9.06. The monoisotopic (exact) mass is 280 g/mol. The van der Waals surface area contributed by atoms with Crippen LogP contribution in [-0.4, -0.2) is 12.1 Å². The summed E-state index contributed by atoms with van der Waals surface area (Å²) < 4.78 is 0. The van der Waals surface area contributed by atoms with Crippen molar-refractivity contribution in [2.75, 3.05) is 5.32 Å². The Hall–Kier alpha value is -1.22. The topological polar surface area (TPSA) is 41.1 Å². The molecule has 0 heterocycles. The molecule has 0 bridgehead atoms. The van der Waals surface area contributed by atoms with Crippen LogP contribution in [0.25, 0.3) is 0 Å². The Labute approximate surface area is 119 Å². The van der Waals surface area contributed by atoms with Crippen molar-refractivity contribution in [2.45, 2.75) is 45.6 Å². The minimum atomic E-state index is -0.162. The van der Waals surface area contributed by atoms with Gasteiger partial charge in [-0.1, -0.05) is 37.4 Å². The van der Waals surface area contributed by atoms with Gasteiger partial charge in [-0.3, -0.25) is 0 Å². The number of anilines is 1. The van der Waals surface area contributed by atoms with Crippen molar-refractivity contribution in [3.8, 4) is 0 Å². The molecule has 4 heteroatoms. The minimum absolute atomic E-state index is 0.162. The third kappa shape index (κ3) is 3.87. The van der Waals surface area contributed by atoms with Crippen molar-refractivity contribution in [3.63, 3.8) is 0 Å². The molecule has 1 aliphatic rings. The maximum absolute atomic E-state index is 12.0. The van der Waals surface area contributed by atoms with Crippen LogP contribution in [0.15, 0.2) is 18.2 Å². The lowest BCUT2D eigenvalue weighted by Crippen LogP contribution is -2.43. The first-order valence-electron chi connectivity index (χ1n) is 6.90. The van der Waals surface area contributed by atoms with Gasteiger partial charge in [-0.15, -0.1) is 0 Å². The summed E-state index contributed by atoms with van der Waals surface area (Å²) >= 11 is 6.10. The number of hydrogen-bond donors (Lipinski definition) is 2. The lowest BCUT2D eigenvalue weighted by atomic mass is 9.86. The highest BCUT2D eigenvalue weighted by molar-refractivity contribution is 6.33. The Kier molecular flexibility index (Phi) is 4.70. The van der Waals surface area contributed by atoms with Gasteiger partial charge in [-0.25, -0.2) is 4.79 Å². The fraction of sp³-hybridized carbons (Fsp3) is 0.533. The Morgan fingerprint density at radius 2 is 2.05 bits per heavy atom. The fourth-order valence-corrected chi connectivity index (χ4v) is 2.86. The summed E-state index contributed by atoms with van der Waals surface area (Å²) in [5.41, 5.74) is 1.74. The second-order valence-corrected chi connectivity index (χ2v) is 5.86. The summed E-state index contributed by atoms with van der Waals surface area (Å²) in [5.74, 6) is 0.549. The SMILES string of the molecule is Cc1ccc(NC(=O)NC2CCCCC2C)c(Cl)c1. The van der Waals surface area contributed by atoms with Crippen molar-refractivity contribution in [1.82, 2.24) is 5.32 Å². The van der Waals surface area contributed by atoms with Gasteiger partial charge in [0.2, 0.25) is 0 Å². The minimum Gasteiger partial charge on any atom is -0.335 e. The zero-order valence-corrected chi connectivity index (χ0v) is 12.3. The molecular weight excluding hydrogens is 260 g/mol. The van der Waals surface area contributed by atoms with Crippen molar-refractivity contribution >= 4 is 23.3 Å². The molecule has 2 atom stereocenters. The Morgan fingerprint density at radius 1 is 1.32 bits per heavy atom. The fourth-order valence-electron chi connectivity index (χ4n) is 2.58. The lowest BCUT2D eigenvalue weighted by Gasteiger charge is -2.29. The van der Waals surface area contributed by atoms with Crippen LogP contribution in [0.4, 0.5) is 10.5 Å². The van der Waals surface area contributed by atoms with Crippen LogP contribution < -0.4 is 10.6 Å². The first-order valence-corrected chi connectivity index (χ1v) is 7.27. The van der Waals surface area contributed by atoms with Gasteiger partial charge in [0.25, 0.3) is 0 Å². The van der Waals surface area contributed by atoms with E-state index in [-0.39, 0.29) is 12.1 Å². The standard InChI is InChI=1S/C15H21ClN2O/c1-10-7-8-14(12(16)9-10)18-15(19)17-13-6-4-3-5-11(13)2/h7-9,11,13H,3-6H2,1-2H3,(H2,17,18,19). The molecule has 0 aromatic heterocycles. The van der Waals surface area contributed by atoms with E-state index in [0.29, 0.717) is 16.6 Å². The number of amides is 2. The van der Waals surface area contributed by atoms with E-state index < -0.39 is 0 Å². The third-order valence-corrected chi connectivity index (χ3v) is 4.11. The summed E-state index contributed by atoms with van der Waals surface area (Å²) in [6.07, 6.45) is 4.72. The van der Waals surface area contributed by atoms with E-state index in [1.807, 2.05) is 25.1 Å². The Morgan fingerprint density at radius 3 is 2.74 bits per heavy atom. The van der Waals surface area contributed by atoms with Gasteiger partial charge in [0.05, 0.1) is 10.7 Å². The average Bonchev–Trinajstić information content (AvgIpc) is 2.36. The summed E-state index contributed by atoms with van der Waals surface area (Å²) in [4.78, 5) is 12.0. The average molecular weight is 281 g/mol. The number of hydrogen-bond acceptors (Lipinski definition) is 1. The van der Waals surface area contributed by atoms with Gasteiger partial charge in [-0.05, 0) is 43.4 Å². The third-order valence-electron chi connectivity index (χ3n) is 3.80. The van der Waals surface area contributed by atoms with Crippen LogP contribution in [0.2, 0.25) is 5.02 Å². The van der Waals surface area contributed by atoms with Crippen LogP contribution in [0, 0.1) is 12.8 Å². The van der Waals surface area contributed by atoms with E-state index in [1.54, 1.807) is 0 Å². The summed E-state index contributed by atoms with van der Waals surface area (Å²) in [6, 6.07) is 5.73. The van der Waals surface area contributed by atoms with Crippen molar-refractivity contribution < 1.29 is 4.79 Å². The van der Waals surface area contributed by atoms with Gasteiger partial charge < -0.3 is 10.6 Å². The van der Waals surface area contributed by atoms with Crippen LogP contribution in [0.3, 0.4) is 0 Å². The predicted octanol–water partition coefficient (Wildman–Crippen LogP) is 4.35. The molecule has 2 N–H and O–H groups in total. The molecule has 2 rings (SSSR count). The van der Waals surface area contributed by atoms with E-state index in [0.717, 1.165) is 12.0 Å². The van der Waals surface area contributed by atoms with E-state index >= 15 is 0 Å². The predicted molar refractivity (Wildman–Crippen MR) is 79.8 cm³/mol. The van der Waals surface area contributed by atoms with Crippen LogP contribution in [-0.2, 0) is 0 Å². The molecule has 3 nitrogen and oxygen atoms in total. The summed E-state index contributed by atoms with van der Waals surface area (Å²) in [7, 11) is 0. The van der Waals surface area contributed by atoms with Gasteiger partial charge in [0, 0.05) is 6.04 Å². The molecule has 0 saturated heterocycles. The van der Waals surface area contributed by atoms with E-state index in [4.69, 9.17) is 11.6 Å². The molecule has 0 spiro atoms. The second kappa shape index (κ2) is 6.29. The number of carbonyl (C=O) groups excluding carboxylic acids is 1. The normalized spacial score (nSPS) is 22.9. The summed E-state index contributed by atoms with van der Waals surface area (Å²) in [6.45, 7) is 4.17. The quantitative estimate of drug-likeness (QED) is 0.831. The number of benzene rings is 1. The van der Waals surface area contributed by atoms with E-state index in [2.05, 4.69) is 17.6 Å². The molecule has 1 fully saturated rings. The van der Waals surface area contributed by atoms with Crippen molar-refractivity contribution in [3.05, 3.63) is 28.8 Å². The van der Waals surface area contributed by atoms with Gasteiger partial charge in [0.15, 0.2) is 0 Å². The highest BCUT2D eigenvalue weighted by atomic mass is 35.5. The van der Waals surface area contributed by atoms with E-state index in [9.17, 15) is 4.79 Å². The molecule has 104 valence electrons. The zero-order chi connectivity index (χ0) is 13.8. The van der Waals surface area contributed by atoms with Gasteiger partial charge in [0.1, 0.15) is 0 Å². The highest BCUT2D eigenvalue weighted by Crippen LogP contribution is 2.25. The Bertz CT molecular complexity index is 461. The molecule has 1 aromatic carbocycles. The molecule has 1 aliphatic carbocycles. The number of halogens is 1. The van der Waals surface area contributed by atoms with Gasteiger partial charge in [-0.2, -0.15) is 0 Å². The highest BCUT2D eigenvalue weighted by Gasteiger charge is 2.22. The smallest absolute Gasteiger partial charge is 0.319 e. The number of aryl methyl sites for hydroxylation is 1. The molecule has 1 saturated carbocycles. The maximum atomic E-state index is 12.0. The molecule has 19 heavy (non-hydrogen) atoms. The molecule has 2 amide bonds. The molecule has 0 radical (unpaired) electrons. The molecular formula is C15H21ClN2O. The molecule has 0 aliphatic heterocycles. The zero-order valence-electron chi connectivity index (χ0n) is 11.5. The summed E-state index contributed by atoms with van der Waals surface area (Å²) in [5, 5.41) is 6.45. The van der Waals surface area contributed by atoms with Gasteiger partial charge >= 0.3 is 6.03 Å². The Balaban J connectivity index is 1.93. The second-order valence-electron chi connectivity index (χ2n) is 5.45. The van der Waals surface area contributed by atoms with Crippen LogP contribution in [0.5, 0.6) is 0 Å².